The van der Waals surface area contributed by atoms with Crippen molar-refractivity contribution >= 4 is 28.6 Å². The summed E-state index contributed by atoms with van der Waals surface area (Å²) >= 11 is 1.65. The van der Waals surface area contributed by atoms with Crippen molar-refractivity contribution in [2.45, 2.75) is 63.3 Å². The van der Waals surface area contributed by atoms with Crippen molar-refractivity contribution in [3.05, 3.63) is 40.7 Å². The molecule has 0 saturated heterocycles. The zero-order valence-electron chi connectivity index (χ0n) is 14.7. The summed E-state index contributed by atoms with van der Waals surface area (Å²) in [5.41, 5.74) is 3.02. The summed E-state index contributed by atoms with van der Waals surface area (Å²) in [6.45, 7) is 4.94. The van der Waals surface area contributed by atoms with E-state index in [-0.39, 0.29) is 18.2 Å². The van der Waals surface area contributed by atoms with Crippen molar-refractivity contribution in [2.75, 3.05) is 0 Å². The molecule has 0 saturated carbocycles. The average Bonchev–Trinajstić information content (AvgIpc) is 3.08. The highest BCUT2D eigenvalue weighted by atomic mass is 32.2. The number of aryl methyl sites for hydroxylation is 2. The van der Waals surface area contributed by atoms with E-state index in [1.165, 1.54) is 0 Å². The third kappa shape index (κ3) is 3.47. The minimum Gasteiger partial charge on any atom is -0.481 e. The first-order valence-corrected chi connectivity index (χ1v) is 9.82. The summed E-state index contributed by atoms with van der Waals surface area (Å²) in [5.74, 6) is -0.984. The first-order valence-electron chi connectivity index (χ1n) is 8.94. The van der Waals surface area contributed by atoms with Crippen molar-refractivity contribution in [2.24, 2.45) is 0 Å². The van der Waals surface area contributed by atoms with Gasteiger partial charge in [0.15, 0.2) is 0 Å². The number of allylic oxidation sites excluding steroid dienone is 1. The van der Waals surface area contributed by atoms with E-state index in [9.17, 15) is 14.3 Å². The minimum absolute atomic E-state index is 0.0000331. The number of hydrogen-bond acceptors (Lipinski definition) is 2. The number of halogens is 1. The third-order valence-corrected chi connectivity index (χ3v) is 5.73. The molecule has 3 nitrogen and oxygen atoms in total. The number of thioether (sulfide) groups is 1. The molecule has 0 fully saturated rings. The largest absolute Gasteiger partial charge is 0.481 e. The zero-order chi connectivity index (χ0) is 18.0. The molecular formula is C20H24FNO2S. The van der Waals surface area contributed by atoms with Gasteiger partial charge in [-0.25, -0.2) is 4.39 Å². The molecule has 1 unspecified atom stereocenters. The number of aromatic nitrogens is 1. The summed E-state index contributed by atoms with van der Waals surface area (Å²) in [6, 6.07) is 3.25. The van der Waals surface area contributed by atoms with Gasteiger partial charge in [0.25, 0.3) is 0 Å². The van der Waals surface area contributed by atoms with Crippen LogP contribution in [0.5, 0.6) is 0 Å². The van der Waals surface area contributed by atoms with E-state index < -0.39 is 5.97 Å². The maximum absolute atomic E-state index is 14.2. The van der Waals surface area contributed by atoms with Crippen LogP contribution in [0.25, 0.3) is 10.9 Å². The molecule has 134 valence electrons. The van der Waals surface area contributed by atoms with Crippen LogP contribution in [0.2, 0.25) is 0 Å². The summed E-state index contributed by atoms with van der Waals surface area (Å²) in [6.07, 6.45) is 5.77. The Balaban J connectivity index is 2.22. The summed E-state index contributed by atoms with van der Waals surface area (Å²) in [4.78, 5) is 12.4. The second-order valence-corrected chi connectivity index (χ2v) is 7.47. The summed E-state index contributed by atoms with van der Waals surface area (Å²) in [7, 11) is 0. The van der Waals surface area contributed by atoms with Gasteiger partial charge in [-0.15, -0.1) is 0 Å². The quantitative estimate of drug-likeness (QED) is 0.642. The Kier molecular flexibility index (Phi) is 5.52. The fourth-order valence-electron chi connectivity index (χ4n) is 3.78. The van der Waals surface area contributed by atoms with Gasteiger partial charge in [-0.3, -0.25) is 4.79 Å². The van der Waals surface area contributed by atoms with Crippen LogP contribution in [0, 0.1) is 5.82 Å². The van der Waals surface area contributed by atoms with Crippen molar-refractivity contribution in [1.29, 1.82) is 0 Å². The fourth-order valence-corrected chi connectivity index (χ4v) is 4.95. The topological polar surface area (TPSA) is 42.2 Å². The first-order chi connectivity index (χ1) is 12.1. The third-order valence-electron chi connectivity index (χ3n) is 4.75. The van der Waals surface area contributed by atoms with Gasteiger partial charge in [-0.1, -0.05) is 38.1 Å². The van der Waals surface area contributed by atoms with E-state index >= 15 is 0 Å². The lowest BCUT2D eigenvalue weighted by Gasteiger charge is -2.10. The van der Waals surface area contributed by atoms with Gasteiger partial charge in [0, 0.05) is 28.4 Å². The molecule has 1 aromatic carbocycles. The van der Waals surface area contributed by atoms with Gasteiger partial charge in [-0.2, -0.15) is 0 Å². The molecule has 0 spiro atoms. The van der Waals surface area contributed by atoms with E-state index in [0.29, 0.717) is 0 Å². The monoisotopic (exact) mass is 361 g/mol. The lowest BCUT2D eigenvalue weighted by molar-refractivity contribution is -0.137. The van der Waals surface area contributed by atoms with Crippen molar-refractivity contribution < 1.29 is 14.3 Å². The average molecular weight is 361 g/mol. The molecule has 3 rings (SSSR count). The number of aliphatic carboxylic acids is 1. The van der Waals surface area contributed by atoms with Crippen LogP contribution >= 0.6 is 11.8 Å². The van der Waals surface area contributed by atoms with Gasteiger partial charge in [0.1, 0.15) is 5.82 Å². The van der Waals surface area contributed by atoms with E-state index in [1.54, 1.807) is 23.9 Å². The van der Waals surface area contributed by atoms with Gasteiger partial charge in [0.2, 0.25) is 0 Å². The molecular weight excluding hydrogens is 337 g/mol. The molecule has 1 atom stereocenters. The van der Waals surface area contributed by atoms with Crippen LogP contribution in [0.4, 0.5) is 4.39 Å². The lowest BCUT2D eigenvalue weighted by atomic mass is 9.98. The molecule has 1 aliphatic heterocycles. The molecule has 5 heteroatoms. The number of carboxylic acids is 1. The second-order valence-electron chi connectivity index (χ2n) is 6.56. The van der Waals surface area contributed by atoms with E-state index in [4.69, 9.17) is 0 Å². The zero-order valence-corrected chi connectivity index (χ0v) is 15.5. The van der Waals surface area contributed by atoms with E-state index in [1.807, 2.05) is 0 Å². The van der Waals surface area contributed by atoms with Gasteiger partial charge in [-0.05, 0) is 42.4 Å². The first kappa shape index (κ1) is 18.1. The highest BCUT2D eigenvalue weighted by Gasteiger charge is 2.32. The Morgan fingerprint density at radius 3 is 2.92 bits per heavy atom. The van der Waals surface area contributed by atoms with Gasteiger partial charge < -0.3 is 9.67 Å². The van der Waals surface area contributed by atoms with E-state index in [2.05, 4.69) is 29.9 Å². The second kappa shape index (κ2) is 7.65. The fraction of sp³-hybridized carbons (Fsp3) is 0.450. The number of fused-ring (bicyclic) bond motifs is 3. The molecule has 2 heterocycles. The molecule has 25 heavy (non-hydrogen) atoms. The van der Waals surface area contributed by atoms with Gasteiger partial charge >= 0.3 is 5.97 Å². The van der Waals surface area contributed by atoms with Crippen LogP contribution in [0.15, 0.2) is 28.5 Å². The predicted octanol–water partition coefficient (Wildman–Crippen LogP) is 5.71. The normalized spacial score (nSPS) is 16.8. The minimum atomic E-state index is -0.774. The number of carbonyl (C=O) groups is 1. The van der Waals surface area contributed by atoms with Crippen LogP contribution in [0.3, 0.4) is 0 Å². The number of nitrogens with zero attached hydrogens (tertiary/aromatic N) is 1. The molecule has 1 aromatic heterocycles. The Labute approximate surface area is 151 Å². The Bertz CT molecular complexity index is 825. The van der Waals surface area contributed by atoms with Crippen LogP contribution < -0.4 is 0 Å². The number of rotatable bonds is 7. The van der Waals surface area contributed by atoms with Crippen LogP contribution in [0.1, 0.15) is 56.7 Å². The number of carboxylic acid groups (broad SMARTS) is 1. The van der Waals surface area contributed by atoms with Crippen molar-refractivity contribution in [3.8, 4) is 0 Å². The Morgan fingerprint density at radius 1 is 1.44 bits per heavy atom. The Morgan fingerprint density at radius 2 is 2.24 bits per heavy atom. The van der Waals surface area contributed by atoms with Gasteiger partial charge in [0.05, 0.1) is 11.9 Å². The molecule has 0 aliphatic carbocycles. The van der Waals surface area contributed by atoms with Crippen LogP contribution in [-0.2, 0) is 17.8 Å². The predicted molar refractivity (Wildman–Crippen MR) is 101 cm³/mol. The lowest BCUT2D eigenvalue weighted by Crippen LogP contribution is -2.04. The highest BCUT2D eigenvalue weighted by molar-refractivity contribution is 8.02. The highest BCUT2D eigenvalue weighted by Crippen LogP contribution is 2.46. The summed E-state index contributed by atoms with van der Waals surface area (Å²) in [5, 5.41) is 12.5. The summed E-state index contributed by atoms with van der Waals surface area (Å²) < 4.78 is 16.3. The maximum Gasteiger partial charge on any atom is 0.304 e. The number of benzene rings is 1. The maximum atomic E-state index is 14.2. The van der Waals surface area contributed by atoms with Crippen molar-refractivity contribution in [1.82, 2.24) is 4.57 Å². The standard InChI is InChI=1S/C20H24FNO2S/c1-3-5-9-25-20-18-13(6-4-2)10-15(21)12-16(18)22-8-7-14(19(20)22)11-17(23)24/h5,9-10,12,14H,3-4,6-8,11H2,1-2H3,(H,23,24)/b9-5+. The molecule has 2 aromatic rings. The van der Waals surface area contributed by atoms with Crippen molar-refractivity contribution in [3.63, 3.8) is 0 Å². The molecule has 0 bridgehead atoms. The SMILES string of the molecule is CC/C=C/Sc1c2n(c3cc(F)cc(CCC)c13)CCC2CC(=O)O. The molecule has 1 N–H and O–H groups in total. The Hall–Kier alpha value is -1.75. The molecule has 0 radical (unpaired) electrons. The van der Waals surface area contributed by atoms with Crippen LogP contribution in [-0.4, -0.2) is 15.6 Å². The van der Waals surface area contributed by atoms with E-state index in [0.717, 1.165) is 59.3 Å². The molecule has 1 aliphatic rings. The smallest absolute Gasteiger partial charge is 0.304 e. The number of hydrogen-bond donors (Lipinski definition) is 1. The molecule has 0 amide bonds.